The smallest absolute Gasteiger partial charge is 0.306 e. The van der Waals surface area contributed by atoms with E-state index >= 15 is 0 Å². The van der Waals surface area contributed by atoms with Crippen LogP contribution in [0.4, 0.5) is 5.13 Å². The number of carbonyl (C=O) groups is 1. The van der Waals surface area contributed by atoms with Crippen molar-refractivity contribution in [3.63, 3.8) is 0 Å². The number of sulfone groups is 1. The number of thiazole rings is 1. The molecule has 1 N–H and O–H groups in total. The van der Waals surface area contributed by atoms with Crippen molar-refractivity contribution >= 4 is 45.9 Å². The van der Waals surface area contributed by atoms with Gasteiger partial charge in [-0.05, 0) is 50.0 Å². The summed E-state index contributed by atoms with van der Waals surface area (Å²) >= 11 is 1.26. The summed E-state index contributed by atoms with van der Waals surface area (Å²) in [5, 5.41) is 3.34. The van der Waals surface area contributed by atoms with Crippen molar-refractivity contribution in [2.24, 2.45) is 5.92 Å². The van der Waals surface area contributed by atoms with Gasteiger partial charge < -0.3 is 14.4 Å². The zero-order valence-corrected chi connectivity index (χ0v) is 22.8. The van der Waals surface area contributed by atoms with E-state index in [1.54, 1.807) is 50.4 Å². The molecule has 35 heavy (non-hydrogen) atoms. The molecule has 1 fully saturated rings. The maximum Gasteiger partial charge on any atom is 0.354 e. The van der Waals surface area contributed by atoms with Crippen LogP contribution in [0.15, 0.2) is 41.2 Å². The number of carbonyl (C=O) groups excluding carboxylic acids is 1. The van der Waals surface area contributed by atoms with Gasteiger partial charge in [-0.1, -0.05) is 49.2 Å². The van der Waals surface area contributed by atoms with Gasteiger partial charge in [0.05, 0.1) is 24.0 Å². The van der Waals surface area contributed by atoms with E-state index < -0.39 is 23.4 Å². The van der Waals surface area contributed by atoms with Crippen LogP contribution in [0.25, 0.3) is 6.08 Å². The van der Waals surface area contributed by atoms with Crippen LogP contribution in [0.3, 0.4) is 0 Å². The number of hydrogen-bond donors (Lipinski definition) is 1. The average Bonchev–Trinajstić information content (AvgIpc) is 3.48. The maximum absolute atomic E-state index is 13.3. The predicted molar refractivity (Wildman–Crippen MR) is 140 cm³/mol. The minimum Gasteiger partial charge on any atom is -0.306 e. The minimum absolute atomic E-state index is 0.178. The van der Waals surface area contributed by atoms with Crippen LogP contribution in [0.2, 0.25) is 0 Å². The quantitative estimate of drug-likeness (QED) is 0.324. The van der Waals surface area contributed by atoms with Gasteiger partial charge in [0.15, 0.2) is 15.0 Å². The van der Waals surface area contributed by atoms with E-state index in [4.69, 9.17) is 9.05 Å². The minimum atomic E-state index is -3.32. The Bertz CT molecular complexity index is 1160. The summed E-state index contributed by atoms with van der Waals surface area (Å²) in [5.74, 6) is 1.28. The Kier molecular flexibility index (Phi) is 9.84. The van der Waals surface area contributed by atoms with Crippen molar-refractivity contribution in [2.75, 3.05) is 24.8 Å². The number of benzene rings is 1. The molecule has 2 aromatic rings. The molecule has 0 radical (unpaired) electrons. The Labute approximate surface area is 211 Å². The monoisotopic (exact) mass is 540 g/mol. The van der Waals surface area contributed by atoms with Crippen LogP contribution < -0.4 is 5.32 Å². The Morgan fingerprint density at radius 1 is 1.20 bits per heavy atom. The fourth-order valence-electron chi connectivity index (χ4n) is 4.18. The highest BCUT2D eigenvalue weighted by molar-refractivity contribution is 7.90. The first-order chi connectivity index (χ1) is 16.6. The summed E-state index contributed by atoms with van der Waals surface area (Å²) in [6.45, 7) is 4.02. The molecule has 1 aliphatic rings. The first-order valence-corrected chi connectivity index (χ1v) is 16.1. The third kappa shape index (κ3) is 8.08. The maximum atomic E-state index is 13.3. The van der Waals surface area contributed by atoms with Crippen molar-refractivity contribution in [3.05, 3.63) is 46.7 Å². The highest BCUT2D eigenvalue weighted by Crippen LogP contribution is 2.50. The Morgan fingerprint density at radius 3 is 2.40 bits per heavy atom. The molecule has 11 heteroatoms. The third-order valence-corrected chi connectivity index (χ3v) is 9.62. The van der Waals surface area contributed by atoms with Gasteiger partial charge >= 0.3 is 7.60 Å². The Morgan fingerprint density at radius 2 is 1.83 bits per heavy atom. The van der Waals surface area contributed by atoms with Crippen molar-refractivity contribution in [1.82, 2.24) is 4.98 Å². The fraction of sp³-hybridized carbons (Fsp3) is 0.500. The van der Waals surface area contributed by atoms with Gasteiger partial charge in [-0.15, -0.1) is 0 Å². The van der Waals surface area contributed by atoms with E-state index in [9.17, 15) is 17.8 Å². The number of rotatable bonds is 12. The van der Waals surface area contributed by atoms with Crippen molar-refractivity contribution in [1.29, 1.82) is 0 Å². The Hall–Kier alpha value is -1.84. The first kappa shape index (κ1) is 27.7. The van der Waals surface area contributed by atoms with E-state index in [0.29, 0.717) is 22.3 Å². The second-order valence-electron chi connectivity index (χ2n) is 8.53. The van der Waals surface area contributed by atoms with Crippen molar-refractivity contribution in [3.8, 4) is 0 Å². The second-order valence-corrected chi connectivity index (χ2v) is 13.5. The molecular weight excluding hydrogens is 507 g/mol. The molecule has 1 heterocycles. The van der Waals surface area contributed by atoms with Gasteiger partial charge in [-0.25, -0.2) is 13.4 Å². The molecule has 3 rings (SSSR count). The molecule has 1 amide bonds. The lowest BCUT2D eigenvalue weighted by molar-refractivity contribution is -0.118. The molecular formula is C24H33N2O6PS2. The molecule has 0 unspecified atom stereocenters. The predicted octanol–water partition coefficient (Wildman–Crippen LogP) is 6.09. The van der Waals surface area contributed by atoms with Gasteiger partial charge in [0.1, 0.15) is 0 Å². The standard InChI is InChI=1S/C24H33N2O6PS2/c1-4-31-33(28,32-5-2)15-14-20-17-25-24(34-20)26-23(27)22(16-18-8-6-7-9-18)19-10-12-21(13-11-19)35(3,29)30/h10-15,17-18,22H,4-9,16H2,1-3H3,(H,25,26,27)/b15-14+/t22-/m1/s1. The van der Waals surface area contributed by atoms with Crippen LogP contribution in [-0.4, -0.2) is 38.8 Å². The van der Waals surface area contributed by atoms with Gasteiger partial charge in [0, 0.05) is 23.1 Å². The lowest BCUT2D eigenvalue weighted by Crippen LogP contribution is -2.23. The molecule has 0 saturated heterocycles. The zero-order valence-electron chi connectivity index (χ0n) is 20.3. The largest absolute Gasteiger partial charge is 0.354 e. The molecule has 1 saturated carbocycles. The molecule has 0 aliphatic heterocycles. The summed E-state index contributed by atoms with van der Waals surface area (Å²) in [5.41, 5.74) is 0.785. The summed E-state index contributed by atoms with van der Waals surface area (Å²) < 4.78 is 46.8. The number of hydrogen-bond acceptors (Lipinski definition) is 8. The van der Waals surface area contributed by atoms with Crippen molar-refractivity contribution in [2.45, 2.75) is 56.8 Å². The molecule has 0 bridgehead atoms. The van der Waals surface area contributed by atoms with E-state index in [1.165, 1.54) is 36.3 Å². The summed E-state index contributed by atoms with van der Waals surface area (Å²) in [6.07, 6.45) is 9.61. The van der Waals surface area contributed by atoms with E-state index in [0.717, 1.165) is 18.4 Å². The number of nitrogens with zero attached hydrogens (tertiary/aromatic N) is 1. The number of nitrogens with one attached hydrogen (secondary N) is 1. The Balaban J connectivity index is 1.76. The molecule has 1 aromatic carbocycles. The summed E-state index contributed by atoms with van der Waals surface area (Å²) in [4.78, 5) is 18.5. The average molecular weight is 541 g/mol. The number of amides is 1. The normalized spacial score (nSPS) is 16.1. The third-order valence-electron chi connectivity index (χ3n) is 5.86. The lowest BCUT2D eigenvalue weighted by Gasteiger charge is -2.20. The second kappa shape index (κ2) is 12.4. The van der Waals surface area contributed by atoms with E-state index in [1.807, 2.05) is 0 Å². The first-order valence-electron chi connectivity index (χ1n) is 11.8. The molecule has 1 atom stereocenters. The summed E-state index contributed by atoms with van der Waals surface area (Å²) in [6, 6.07) is 6.57. The van der Waals surface area contributed by atoms with Gasteiger partial charge in [-0.2, -0.15) is 0 Å². The van der Waals surface area contributed by atoms with E-state index in [-0.39, 0.29) is 24.0 Å². The van der Waals surface area contributed by atoms with Crippen LogP contribution >= 0.6 is 18.9 Å². The molecule has 0 spiro atoms. The van der Waals surface area contributed by atoms with Gasteiger partial charge in [0.2, 0.25) is 5.91 Å². The van der Waals surface area contributed by atoms with Crippen LogP contribution in [0.1, 0.15) is 62.3 Å². The number of aromatic nitrogens is 1. The van der Waals surface area contributed by atoms with Crippen molar-refractivity contribution < 1.29 is 26.8 Å². The van der Waals surface area contributed by atoms with Gasteiger partial charge in [-0.3, -0.25) is 9.36 Å². The van der Waals surface area contributed by atoms with E-state index in [2.05, 4.69) is 10.3 Å². The summed E-state index contributed by atoms with van der Waals surface area (Å²) in [7, 11) is -6.63. The highest BCUT2D eigenvalue weighted by atomic mass is 32.2. The highest BCUT2D eigenvalue weighted by Gasteiger charge is 2.27. The fourth-order valence-corrected chi connectivity index (χ4v) is 6.95. The number of anilines is 1. The topological polar surface area (TPSA) is 112 Å². The SMILES string of the molecule is CCOP(=O)(/C=C/c1cnc(NC(=O)[C@H](CC2CCCC2)c2ccc(S(C)(=O)=O)cc2)s1)OCC. The molecule has 1 aromatic heterocycles. The molecule has 1 aliphatic carbocycles. The van der Waals surface area contributed by atoms with Crippen LogP contribution in [0, 0.1) is 5.92 Å². The zero-order chi connectivity index (χ0) is 25.5. The lowest BCUT2D eigenvalue weighted by atomic mass is 9.87. The van der Waals surface area contributed by atoms with Gasteiger partial charge in [0.25, 0.3) is 0 Å². The molecule has 192 valence electrons. The molecule has 8 nitrogen and oxygen atoms in total. The van der Waals surface area contributed by atoms with Crippen LogP contribution in [0.5, 0.6) is 0 Å². The van der Waals surface area contributed by atoms with Crippen LogP contribution in [-0.2, 0) is 28.2 Å².